The van der Waals surface area contributed by atoms with Gasteiger partial charge < -0.3 is 4.57 Å². The van der Waals surface area contributed by atoms with E-state index in [1.807, 2.05) is 41.4 Å². The van der Waals surface area contributed by atoms with E-state index in [-0.39, 0.29) is 0 Å². The van der Waals surface area contributed by atoms with Crippen LogP contribution in [0.15, 0.2) is 108 Å². The summed E-state index contributed by atoms with van der Waals surface area (Å²) in [6, 6.07) is 35.9. The van der Waals surface area contributed by atoms with Gasteiger partial charge in [-0.3, -0.25) is 0 Å². The number of anilines is 2. The summed E-state index contributed by atoms with van der Waals surface area (Å²) in [6.45, 7) is 5.23. The Kier molecular flexibility index (Phi) is 5.01. The molecule has 3 heteroatoms. The van der Waals surface area contributed by atoms with E-state index in [2.05, 4.69) is 85.1 Å². The fraction of sp³-hybridized carbons (Fsp3) is 0.107. The summed E-state index contributed by atoms with van der Waals surface area (Å²) in [5, 5.41) is 9.62. The lowest BCUT2D eigenvalue weighted by atomic mass is 10.1. The van der Waals surface area contributed by atoms with Gasteiger partial charge in [-0.15, -0.1) is 0 Å². The van der Waals surface area contributed by atoms with E-state index in [1.54, 1.807) is 0 Å². The van der Waals surface area contributed by atoms with Gasteiger partial charge in [0.15, 0.2) is 0 Å². The molecule has 0 radical (unpaired) electrons. The monoisotopic (exact) mass is 403 g/mol. The van der Waals surface area contributed by atoms with Gasteiger partial charge in [0.05, 0.1) is 17.1 Å². The van der Waals surface area contributed by atoms with Crippen LogP contribution in [0.2, 0.25) is 0 Å². The smallest absolute Gasteiger partial charge is 0.0655 e. The number of hydrogen-bond acceptors (Lipinski definition) is 2. The topological polar surface area (TPSA) is 20.5 Å². The van der Waals surface area contributed by atoms with Gasteiger partial charge in [-0.2, -0.15) is 5.10 Å². The van der Waals surface area contributed by atoms with Crippen molar-refractivity contribution >= 4 is 38.9 Å². The lowest BCUT2D eigenvalue weighted by Crippen LogP contribution is -2.12. The third-order valence-corrected chi connectivity index (χ3v) is 5.76. The zero-order valence-electron chi connectivity index (χ0n) is 17.9. The molecule has 0 saturated carbocycles. The van der Waals surface area contributed by atoms with Gasteiger partial charge in [-0.25, -0.2) is 5.01 Å². The highest BCUT2D eigenvalue weighted by atomic mass is 15.5. The van der Waals surface area contributed by atoms with E-state index in [0.29, 0.717) is 0 Å². The van der Waals surface area contributed by atoms with Crippen LogP contribution in [0.4, 0.5) is 11.4 Å². The molecule has 0 saturated heterocycles. The molecule has 152 valence electrons. The molecule has 0 aliphatic rings. The minimum absolute atomic E-state index is 0.951. The predicted molar refractivity (Wildman–Crippen MR) is 132 cm³/mol. The van der Waals surface area contributed by atoms with Gasteiger partial charge in [0.25, 0.3) is 0 Å². The Balaban J connectivity index is 1.64. The second-order valence-corrected chi connectivity index (χ2v) is 7.66. The largest absolute Gasteiger partial charge is 0.341 e. The van der Waals surface area contributed by atoms with Gasteiger partial charge in [-0.1, -0.05) is 60.7 Å². The van der Waals surface area contributed by atoms with Gasteiger partial charge in [0.2, 0.25) is 0 Å². The van der Waals surface area contributed by atoms with Crippen LogP contribution in [-0.4, -0.2) is 10.3 Å². The highest BCUT2D eigenvalue weighted by Gasteiger charge is 2.12. The molecule has 0 aliphatic carbocycles. The molecule has 0 unspecified atom stereocenters. The molecule has 0 aliphatic heterocycles. The maximum Gasteiger partial charge on any atom is 0.0655 e. The van der Waals surface area contributed by atoms with Gasteiger partial charge in [-0.05, 0) is 61.9 Å². The number of aromatic nitrogens is 1. The van der Waals surface area contributed by atoms with Crippen LogP contribution in [0.5, 0.6) is 0 Å². The minimum atomic E-state index is 0.951. The minimum Gasteiger partial charge on any atom is -0.341 e. The standard InChI is InChI=1S/C28H25N3/c1-3-30-27-17-11-10-16-25(27)26-20-22(18-19-28(26)30)21(2)29-31(23-12-6-4-7-13-23)24-14-8-5-9-15-24/h4-20H,3H2,1-2H3. The summed E-state index contributed by atoms with van der Waals surface area (Å²) in [5.41, 5.74) is 6.73. The van der Waals surface area contributed by atoms with E-state index < -0.39 is 0 Å². The lowest BCUT2D eigenvalue weighted by Gasteiger charge is -2.20. The van der Waals surface area contributed by atoms with Gasteiger partial charge in [0, 0.05) is 28.4 Å². The van der Waals surface area contributed by atoms with Crippen molar-refractivity contribution in [3.63, 3.8) is 0 Å². The molecule has 31 heavy (non-hydrogen) atoms. The van der Waals surface area contributed by atoms with E-state index in [4.69, 9.17) is 5.10 Å². The molecule has 0 spiro atoms. The first-order valence-corrected chi connectivity index (χ1v) is 10.7. The lowest BCUT2D eigenvalue weighted by molar-refractivity contribution is 0.827. The van der Waals surface area contributed by atoms with Crippen LogP contribution in [-0.2, 0) is 6.54 Å². The molecule has 5 rings (SSSR count). The molecule has 0 bridgehead atoms. The molecule has 0 N–H and O–H groups in total. The van der Waals surface area contributed by atoms with Crippen LogP contribution < -0.4 is 5.01 Å². The fourth-order valence-corrected chi connectivity index (χ4v) is 4.23. The highest BCUT2D eigenvalue weighted by Crippen LogP contribution is 2.31. The summed E-state index contributed by atoms with van der Waals surface area (Å²) in [7, 11) is 0. The summed E-state index contributed by atoms with van der Waals surface area (Å²) in [5.74, 6) is 0. The SMILES string of the molecule is CCn1c2ccccc2c2cc(C(C)=NN(c3ccccc3)c3ccccc3)ccc21. The third kappa shape index (κ3) is 3.49. The van der Waals surface area contributed by atoms with Crippen molar-refractivity contribution in [2.75, 3.05) is 5.01 Å². The van der Waals surface area contributed by atoms with Crippen LogP contribution in [0.3, 0.4) is 0 Å². The number of fused-ring (bicyclic) bond motifs is 3. The van der Waals surface area contributed by atoms with Crippen LogP contribution in [0, 0.1) is 0 Å². The maximum absolute atomic E-state index is 5.04. The molecule has 1 aromatic heterocycles. The maximum atomic E-state index is 5.04. The van der Waals surface area contributed by atoms with Crippen molar-refractivity contribution in [3.8, 4) is 0 Å². The number of hydrogen-bond donors (Lipinski definition) is 0. The first-order chi connectivity index (χ1) is 15.3. The first kappa shape index (κ1) is 19.1. The highest BCUT2D eigenvalue weighted by molar-refractivity contribution is 6.11. The van der Waals surface area contributed by atoms with E-state index in [0.717, 1.165) is 29.2 Å². The van der Waals surface area contributed by atoms with Crippen molar-refractivity contribution in [3.05, 3.63) is 109 Å². The Hall–Kier alpha value is -3.85. The zero-order valence-corrected chi connectivity index (χ0v) is 17.9. The average molecular weight is 404 g/mol. The summed E-state index contributed by atoms with van der Waals surface area (Å²) in [4.78, 5) is 0. The second-order valence-electron chi connectivity index (χ2n) is 7.66. The van der Waals surface area contributed by atoms with Crippen LogP contribution in [0.1, 0.15) is 19.4 Å². The second kappa shape index (κ2) is 8.11. The number of benzene rings is 4. The fourth-order valence-electron chi connectivity index (χ4n) is 4.23. The molecular weight excluding hydrogens is 378 g/mol. The summed E-state index contributed by atoms with van der Waals surface area (Å²) in [6.07, 6.45) is 0. The van der Waals surface area contributed by atoms with E-state index >= 15 is 0 Å². The Labute approximate surface area is 182 Å². The Morgan fingerprint density at radius 2 is 1.29 bits per heavy atom. The molecule has 3 nitrogen and oxygen atoms in total. The van der Waals surface area contributed by atoms with E-state index in [9.17, 15) is 0 Å². The van der Waals surface area contributed by atoms with Crippen molar-refractivity contribution in [1.82, 2.24) is 4.57 Å². The molecule has 0 amide bonds. The molecular formula is C28H25N3. The average Bonchev–Trinajstić information content (AvgIpc) is 3.16. The molecule has 0 atom stereocenters. The first-order valence-electron chi connectivity index (χ1n) is 10.7. The summed E-state index contributed by atoms with van der Waals surface area (Å²) < 4.78 is 2.38. The quantitative estimate of drug-likeness (QED) is 0.221. The van der Waals surface area contributed by atoms with Crippen molar-refractivity contribution in [1.29, 1.82) is 0 Å². The normalized spacial score (nSPS) is 11.9. The predicted octanol–water partition coefficient (Wildman–Crippen LogP) is 7.38. The number of nitrogens with zero attached hydrogens (tertiary/aromatic N) is 3. The number of aryl methyl sites for hydroxylation is 1. The van der Waals surface area contributed by atoms with Crippen molar-refractivity contribution in [2.24, 2.45) is 5.10 Å². The third-order valence-electron chi connectivity index (χ3n) is 5.76. The van der Waals surface area contributed by atoms with Crippen molar-refractivity contribution < 1.29 is 0 Å². The Morgan fingerprint density at radius 3 is 1.94 bits per heavy atom. The van der Waals surface area contributed by atoms with Gasteiger partial charge in [0.1, 0.15) is 0 Å². The van der Waals surface area contributed by atoms with Crippen LogP contribution in [0.25, 0.3) is 21.8 Å². The number of para-hydroxylation sites is 3. The van der Waals surface area contributed by atoms with E-state index in [1.165, 1.54) is 21.8 Å². The van der Waals surface area contributed by atoms with Gasteiger partial charge >= 0.3 is 0 Å². The number of hydrazone groups is 1. The number of rotatable bonds is 5. The molecule has 1 heterocycles. The molecule has 5 aromatic rings. The Morgan fingerprint density at radius 1 is 0.710 bits per heavy atom. The Bertz CT molecular complexity index is 1330. The molecule has 4 aromatic carbocycles. The summed E-state index contributed by atoms with van der Waals surface area (Å²) >= 11 is 0. The zero-order chi connectivity index (χ0) is 21.2. The molecule has 0 fully saturated rings. The van der Waals surface area contributed by atoms with Crippen molar-refractivity contribution in [2.45, 2.75) is 20.4 Å². The van der Waals surface area contributed by atoms with Crippen LogP contribution >= 0.6 is 0 Å².